The average molecular weight is 261 g/mol. The fraction of sp³-hybridized carbons (Fsp3) is 0.667. The molecule has 2 atom stereocenters. The third kappa shape index (κ3) is 4.65. The second kappa shape index (κ2) is 7.69. The zero-order chi connectivity index (χ0) is 14.4. The number of hydrogen-bond acceptors (Lipinski definition) is 1. The van der Waals surface area contributed by atoms with E-state index in [1.807, 2.05) is 0 Å². The topological polar surface area (TPSA) is 12.0 Å². The van der Waals surface area contributed by atoms with E-state index in [0.717, 1.165) is 6.54 Å². The van der Waals surface area contributed by atoms with Gasteiger partial charge in [-0.3, -0.25) is 0 Å². The fourth-order valence-corrected chi connectivity index (χ4v) is 2.38. The number of benzene rings is 1. The van der Waals surface area contributed by atoms with Crippen molar-refractivity contribution in [1.29, 1.82) is 0 Å². The monoisotopic (exact) mass is 261 g/mol. The van der Waals surface area contributed by atoms with Crippen LogP contribution >= 0.6 is 0 Å². The van der Waals surface area contributed by atoms with Crippen LogP contribution < -0.4 is 5.32 Å². The summed E-state index contributed by atoms with van der Waals surface area (Å²) in [4.78, 5) is 0. The predicted molar refractivity (Wildman–Crippen MR) is 85.6 cm³/mol. The van der Waals surface area contributed by atoms with Crippen LogP contribution in [0, 0.1) is 11.8 Å². The molecule has 2 unspecified atom stereocenters. The molecule has 0 heterocycles. The molecular formula is C18H31N. The highest BCUT2D eigenvalue weighted by atomic mass is 14.9. The maximum atomic E-state index is 3.72. The van der Waals surface area contributed by atoms with Crippen molar-refractivity contribution in [3.63, 3.8) is 0 Å². The molecule has 1 aromatic carbocycles. The molecule has 1 N–H and O–H groups in total. The van der Waals surface area contributed by atoms with Crippen molar-refractivity contribution in [2.75, 3.05) is 6.54 Å². The van der Waals surface area contributed by atoms with Gasteiger partial charge in [-0.15, -0.1) is 0 Å². The standard InChI is InChI=1S/C18H31N/c1-7-12-19-18(15(6)13(2)3)17-10-8-16(9-11-17)14(4)5/h8-11,13-15,18-19H,7,12H2,1-6H3. The molecule has 108 valence electrons. The van der Waals surface area contributed by atoms with Gasteiger partial charge in [-0.05, 0) is 41.8 Å². The summed E-state index contributed by atoms with van der Waals surface area (Å²) < 4.78 is 0. The van der Waals surface area contributed by atoms with Crippen molar-refractivity contribution in [3.8, 4) is 0 Å². The molecule has 0 spiro atoms. The van der Waals surface area contributed by atoms with Crippen LogP contribution in [0.2, 0.25) is 0 Å². The molecule has 0 saturated carbocycles. The van der Waals surface area contributed by atoms with Gasteiger partial charge in [0.1, 0.15) is 0 Å². The van der Waals surface area contributed by atoms with Gasteiger partial charge in [-0.1, -0.05) is 65.8 Å². The molecule has 1 nitrogen and oxygen atoms in total. The first-order valence-corrected chi connectivity index (χ1v) is 7.80. The zero-order valence-corrected chi connectivity index (χ0v) is 13.5. The van der Waals surface area contributed by atoms with Crippen molar-refractivity contribution < 1.29 is 0 Å². The minimum atomic E-state index is 0.473. The summed E-state index contributed by atoms with van der Waals surface area (Å²) in [5.41, 5.74) is 2.86. The molecule has 1 aromatic rings. The van der Waals surface area contributed by atoms with Gasteiger partial charge in [0.25, 0.3) is 0 Å². The Morgan fingerprint density at radius 2 is 1.42 bits per heavy atom. The third-order valence-corrected chi connectivity index (χ3v) is 4.15. The lowest BCUT2D eigenvalue weighted by Crippen LogP contribution is -2.30. The molecule has 0 aliphatic heterocycles. The third-order valence-electron chi connectivity index (χ3n) is 4.15. The average Bonchev–Trinajstić information content (AvgIpc) is 2.39. The van der Waals surface area contributed by atoms with Crippen molar-refractivity contribution in [3.05, 3.63) is 35.4 Å². The molecule has 0 aromatic heterocycles. The maximum absolute atomic E-state index is 3.72. The molecule has 0 bridgehead atoms. The van der Waals surface area contributed by atoms with Crippen molar-refractivity contribution >= 4 is 0 Å². The SMILES string of the molecule is CCCNC(c1ccc(C(C)C)cc1)C(C)C(C)C. The Kier molecular flexibility index (Phi) is 6.57. The first-order valence-electron chi connectivity index (χ1n) is 7.80. The number of hydrogen-bond donors (Lipinski definition) is 1. The second-order valence-electron chi connectivity index (χ2n) is 6.36. The molecule has 0 saturated heterocycles. The molecule has 0 aliphatic rings. The predicted octanol–water partition coefficient (Wildman–Crippen LogP) is 5.14. The van der Waals surface area contributed by atoms with Gasteiger partial charge in [0.05, 0.1) is 0 Å². The van der Waals surface area contributed by atoms with Crippen molar-refractivity contribution in [2.45, 2.75) is 59.9 Å². The van der Waals surface area contributed by atoms with Crippen LogP contribution in [0.4, 0.5) is 0 Å². The quantitative estimate of drug-likeness (QED) is 0.716. The minimum absolute atomic E-state index is 0.473. The van der Waals surface area contributed by atoms with E-state index in [4.69, 9.17) is 0 Å². The van der Waals surface area contributed by atoms with E-state index in [1.54, 1.807) is 0 Å². The Labute approximate surface area is 119 Å². The van der Waals surface area contributed by atoms with E-state index in [9.17, 15) is 0 Å². The Balaban J connectivity index is 2.90. The zero-order valence-electron chi connectivity index (χ0n) is 13.5. The van der Waals surface area contributed by atoms with E-state index < -0.39 is 0 Å². The van der Waals surface area contributed by atoms with Crippen LogP contribution in [0.15, 0.2) is 24.3 Å². The Morgan fingerprint density at radius 1 is 0.895 bits per heavy atom. The Morgan fingerprint density at radius 3 is 1.84 bits per heavy atom. The minimum Gasteiger partial charge on any atom is -0.310 e. The summed E-state index contributed by atoms with van der Waals surface area (Å²) in [6, 6.07) is 9.66. The lowest BCUT2D eigenvalue weighted by Gasteiger charge is -2.29. The van der Waals surface area contributed by atoms with Crippen LogP contribution in [0.25, 0.3) is 0 Å². The number of rotatable bonds is 7. The summed E-state index contributed by atoms with van der Waals surface area (Å²) >= 11 is 0. The van der Waals surface area contributed by atoms with E-state index >= 15 is 0 Å². The van der Waals surface area contributed by atoms with Gasteiger partial charge in [-0.25, -0.2) is 0 Å². The molecule has 0 fully saturated rings. The summed E-state index contributed by atoms with van der Waals surface area (Å²) in [5, 5.41) is 3.72. The van der Waals surface area contributed by atoms with Gasteiger partial charge >= 0.3 is 0 Å². The maximum Gasteiger partial charge on any atom is 0.0348 e. The molecular weight excluding hydrogens is 230 g/mol. The first-order chi connectivity index (χ1) is 8.97. The second-order valence-corrected chi connectivity index (χ2v) is 6.36. The molecule has 0 amide bonds. The van der Waals surface area contributed by atoms with Crippen molar-refractivity contribution in [1.82, 2.24) is 5.32 Å². The van der Waals surface area contributed by atoms with Gasteiger partial charge in [0, 0.05) is 6.04 Å². The van der Waals surface area contributed by atoms with Gasteiger partial charge in [-0.2, -0.15) is 0 Å². The van der Waals surface area contributed by atoms with Crippen LogP contribution in [-0.2, 0) is 0 Å². The van der Waals surface area contributed by atoms with Crippen LogP contribution in [0.3, 0.4) is 0 Å². The summed E-state index contributed by atoms with van der Waals surface area (Å²) in [6.07, 6.45) is 1.19. The van der Waals surface area contributed by atoms with Crippen LogP contribution in [0.1, 0.15) is 71.0 Å². The highest BCUT2D eigenvalue weighted by molar-refractivity contribution is 5.27. The fourth-order valence-electron chi connectivity index (χ4n) is 2.38. The normalized spacial score (nSPS) is 14.9. The van der Waals surface area contributed by atoms with E-state index in [-0.39, 0.29) is 0 Å². The van der Waals surface area contributed by atoms with Crippen LogP contribution in [0.5, 0.6) is 0 Å². The Bertz CT molecular complexity index is 350. The molecule has 19 heavy (non-hydrogen) atoms. The molecule has 0 aliphatic carbocycles. The first kappa shape index (κ1) is 16.2. The molecule has 0 radical (unpaired) electrons. The van der Waals surface area contributed by atoms with E-state index in [1.165, 1.54) is 17.5 Å². The summed E-state index contributed by atoms with van der Waals surface area (Å²) in [7, 11) is 0. The van der Waals surface area contributed by atoms with Gasteiger partial charge < -0.3 is 5.32 Å². The summed E-state index contributed by atoms with van der Waals surface area (Å²) in [5.74, 6) is 1.95. The smallest absolute Gasteiger partial charge is 0.0348 e. The highest BCUT2D eigenvalue weighted by Gasteiger charge is 2.21. The van der Waals surface area contributed by atoms with Crippen molar-refractivity contribution in [2.24, 2.45) is 11.8 Å². The largest absolute Gasteiger partial charge is 0.310 e. The van der Waals surface area contributed by atoms with E-state index in [0.29, 0.717) is 23.8 Å². The molecule has 1 rings (SSSR count). The lowest BCUT2D eigenvalue weighted by molar-refractivity contribution is 0.304. The van der Waals surface area contributed by atoms with Gasteiger partial charge in [0.2, 0.25) is 0 Å². The highest BCUT2D eigenvalue weighted by Crippen LogP contribution is 2.28. The van der Waals surface area contributed by atoms with Crippen LogP contribution in [-0.4, -0.2) is 6.54 Å². The van der Waals surface area contributed by atoms with E-state index in [2.05, 4.69) is 71.1 Å². The summed E-state index contributed by atoms with van der Waals surface area (Å²) in [6.45, 7) is 14.8. The Hall–Kier alpha value is -0.820. The van der Waals surface area contributed by atoms with Gasteiger partial charge in [0.15, 0.2) is 0 Å². The molecule has 1 heteroatoms. The number of nitrogens with one attached hydrogen (secondary N) is 1. The lowest BCUT2D eigenvalue weighted by atomic mass is 9.85.